The Hall–Kier alpha value is -4.37. The Bertz CT molecular complexity index is 1300. The lowest BCUT2D eigenvalue weighted by molar-refractivity contribution is -0.143. The molecule has 1 N–H and O–H groups in total. The van der Waals surface area contributed by atoms with Gasteiger partial charge in [-0.05, 0) is 31.2 Å². The van der Waals surface area contributed by atoms with Crippen LogP contribution in [0.1, 0.15) is 40.3 Å². The molecule has 182 valence electrons. The molecule has 1 amide bonds. The van der Waals surface area contributed by atoms with E-state index in [1.165, 1.54) is 19.3 Å². The molecule has 0 spiro atoms. The van der Waals surface area contributed by atoms with Gasteiger partial charge in [-0.1, -0.05) is 5.16 Å². The van der Waals surface area contributed by atoms with Gasteiger partial charge in [-0.2, -0.15) is 36.0 Å². The van der Waals surface area contributed by atoms with Crippen molar-refractivity contribution in [3.63, 3.8) is 0 Å². The van der Waals surface area contributed by atoms with Gasteiger partial charge in [0.2, 0.25) is 5.82 Å². The fourth-order valence-electron chi connectivity index (χ4n) is 2.89. The Morgan fingerprint density at radius 3 is 2.17 bits per heavy atom. The van der Waals surface area contributed by atoms with Crippen LogP contribution in [0.4, 0.5) is 26.3 Å². The third-order valence-corrected chi connectivity index (χ3v) is 4.50. The molecule has 16 heteroatoms. The summed E-state index contributed by atoms with van der Waals surface area (Å²) in [6.07, 6.45) is -6.28. The van der Waals surface area contributed by atoms with Gasteiger partial charge in [0, 0.05) is 18.0 Å². The van der Waals surface area contributed by atoms with Crippen LogP contribution >= 0.6 is 0 Å². The number of rotatable bonds is 5. The van der Waals surface area contributed by atoms with Gasteiger partial charge in [0.15, 0.2) is 12.2 Å². The van der Waals surface area contributed by atoms with E-state index in [-0.39, 0.29) is 29.6 Å². The molecule has 3 aromatic heterocycles. The van der Waals surface area contributed by atoms with Gasteiger partial charge in [0.1, 0.15) is 0 Å². The highest BCUT2D eigenvalue weighted by atomic mass is 19.4. The first-order valence-corrected chi connectivity index (χ1v) is 9.55. The van der Waals surface area contributed by atoms with Gasteiger partial charge in [-0.3, -0.25) is 4.79 Å². The van der Waals surface area contributed by atoms with Crippen LogP contribution in [0.15, 0.2) is 47.5 Å². The standard InChI is InChI=1S/C19H12F6N8O2/c1-9(30-15(34)10-5-11(18(20,21)22)7-12(6-10)19(23,24)25)13-31-14(16-28-8-29-35-16)33(32-13)17-26-3-2-4-27-17/h2-9H,1H3,(H,30,34). The molecule has 4 aromatic rings. The Labute approximate surface area is 191 Å². The van der Waals surface area contributed by atoms with E-state index in [9.17, 15) is 31.1 Å². The van der Waals surface area contributed by atoms with Gasteiger partial charge in [0.05, 0.1) is 17.2 Å². The summed E-state index contributed by atoms with van der Waals surface area (Å²) in [6.45, 7) is 1.37. The molecule has 0 saturated carbocycles. The number of carbonyl (C=O) groups excluding carboxylic acids is 1. The van der Waals surface area contributed by atoms with Gasteiger partial charge in [0.25, 0.3) is 17.7 Å². The fourth-order valence-corrected chi connectivity index (χ4v) is 2.89. The minimum atomic E-state index is -5.10. The van der Waals surface area contributed by atoms with E-state index in [1.807, 2.05) is 0 Å². The molecule has 0 radical (unpaired) electrons. The first-order chi connectivity index (χ1) is 16.4. The summed E-state index contributed by atoms with van der Waals surface area (Å²) in [5.41, 5.74) is -4.08. The molecule has 10 nitrogen and oxygen atoms in total. The maximum atomic E-state index is 13.1. The van der Waals surface area contributed by atoms with E-state index in [0.717, 1.165) is 11.0 Å². The average molecular weight is 498 g/mol. The molecule has 1 unspecified atom stereocenters. The SMILES string of the molecule is CC(NC(=O)c1cc(C(F)(F)F)cc(C(F)(F)F)c1)c1nc(-c2ncno2)n(-c2ncccn2)n1. The van der Waals surface area contributed by atoms with Gasteiger partial charge >= 0.3 is 12.4 Å². The normalized spacial score (nSPS) is 13.0. The lowest BCUT2D eigenvalue weighted by Crippen LogP contribution is -2.28. The van der Waals surface area contributed by atoms with E-state index in [1.54, 1.807) is 6.07 Å². The molecule has 1 aromatic carbocycles. The van der Waals surface area contributed by atoms with Gasteiger partial charge in [-0.15, -0.1) is 5.10 Å². The molecule has 3 heterocycles. The van der Waals surface area contributed by atoms with Gasteiger partial charge in [-0.25, -0.2) is 15.0 Å². The van der Waals surface area contributed by atoms with E-state index >= 15 is 0 Å². The number of nitrogens with zero attached hydrogens (tertiary/aromatic N) is 7. The molecule has 35 heavy (non-hydrogen) atoms. The molecule has 0 aliphatic heterocycles. The van der Waals surface area contributed by atoms with Crippen LogP contribution in [0.2, 0.25) is 0 Å². The van der Waals surface area contributed by atoms with Crippen molar-refractivity contribution in [2.24, 2.45) is 0 Å². The Morgan fingerprint density at radius 1 is 1.00 bits per heavy atom. The second kappa shape index (κ2) is 8.77. The summed E-state index contributed by atoms with van der Waals surface area (Å²) in [4.78, 5) is 28.7. The molecular weight excluding hydrogens is 486 g/mol. The number of amides is 1. The van der Waals surface area contributed by atoms with Gasteiger partial charge < -0.3 is 9.84 Å². The molecule has 4 rings (SSSR count). The van der Waals surface area contributed by atoms with Crippen LogP contribution in [-0.2, 0) is 12.4 Å². The van der Waals surface area contributed by atoms with Crippen molar-refractivity contribution in [1.82, 2.24) is 40.2 Å². The van der Waals surface area contributed by atoms with Crippen molar-refractivity contribution in [3.8, 4) is 17.7 Å². The summed E-state index contributed by atoms with van der Waals surface area (Å²) < 4.78 is 84.8. The zero-order valence-electron chi connectivity index (χ0n) is 17.3. The van der Waals surface area contributed by atoms with Crippen LogP contribution in [0.5, 0.6) is 0 Å². The van der Waals surface area contributed by atoms with Crippen molar-refractivity contribution < 1.29 is 35.7 Å². The molecule has 0 aliphatic carbocycles. The zero-order chi connectivity index (χ0) is 25.4. The average Bonchev–Trinajstić information content (AvgIpc) is 3.48. The second-order valence-corrected chi connectivity index (χ2v) is 6.99. The third kappa shape index (κ3) is 5.10. The maximum absolute atomic E-state index is 13.1. The monoisotopic (exact) mass is 498 g/mol. The number of carbonyl (C=O) groups is 1. The van der Waals surface area contributed by atoms with Crippen LogP contribution in [0.3, 0.4) is 0 Å². The van der Waals surface area contributed by atoms with Crippen molar-refractivity contribution in [3.05, 3.63) is 65.5 Å². The third-order valence-electron chi connectivity index (χ3n) is 4.50. The molecule has 0 saturated heterocycles. The number of hydrogen-bond donors (Lipinski definition) is 1. The Kier molecular flexibility index (Phi) is 5.96. The number of hydrogen-bond acceptors (Lipinski definition) is 8. The minimum Gasteiger partial charge on any atom is -0.342 e. The number of aromatic nitrogens is 7. The van der Waals surface area contributed by atoms with E-state index < -0.39 is 41.0 Å². The van der Waals surface area contributed by atoms with Crippen molar-refractivity contribution >= 4 is 5.91 Å². The first kappa shape index (κ1) is 23.8. The van der Waals surface area contributed by atoms with Crippen molar-refractivity contribution in [2.75, 3.05) is 0 Å². The topological polar surface area (TPSA) is 125 Å². The second-order valence-electron chi connectivity index (χ2n) is 6.99. The van der Waals surface area contributed by atoms with Crippen molar-refractivity contribution in [2.45, 2.75) is 25.3 Å². The van der Waals surface area contributed by atoms with Crippen molar-refractivity contribution in [1.29, 1.82) is 0 Å². The molecule has 0 bridgehead atoms. The number of alkyl halides is 6. The molecule has 1 atom stereocenters. The Balaban J connectivity index is 1.67. The summed E-state index contributed by atoms with van der Waals surface area (Å²) in [5, 5.41) is 9.93. The number of nitrogens with one attached hydrogen (secondary N) is 1. The van der Waals surface area contributed by atoms with E-state index in [2.05, 4.69) is 35.5 Å². The summed E-state index contributed by atoms with van der Waals surface area (Å²) in [5.74, 6) is -1.33. The number of halogens is 6. The lowest BCUT2D eigenvalue weighted by Gasteiger charge is -2.15. The highest BCUT2D eigenvalue weighted by Crippen LogP contribution is 2.36. The smallest absolute Gasteiger partial charge is 0.342 e. The highest BCUT2D eigenvalue weighted by molar-refractivity contribution is 5.94. The first-order valence-electron chi connectivity index (χ1n) is 9.55. The molecular formula is C19H12F6N8O2. The predicted molar refractivity (Wildman–Crippen MR) is 103 cm³/mol. The predicted octanol–water partition coefficient (Wildman–Crippen LogP) is 3.64. The van der Waals surface area contributed by atoms with E-state index in [0.29, 0.717) is 12.1 Å². The van der Waals surface area contributed by atoms with E-state index in [4.69, 9.17) is 4.52 Å². The quantitative estimate of drug-likeness (QED) is 0.414. The molecule has 0 fully saturated rings. The Morgan fingerprint density at radius 2 is 1.63 bits per heavy atom. The summed E-state index contributed by atoms with van der Waals surface area (Å²) in [6, 6.07) is 1.05. The largest absolute Gasteiger partial charge is 0.416 e. The summed E-state index contributed by atoms with van der Waals surface area (Å²) in [7, 11) is 0. The number of benzene rings is 1. The minimum absolute atomic E-state index is 0.0109. The van der Waals surface area contributed by atoms with Crippen LogP contribution < -0.4 is 5.32 Å². The zero-order valence-corrected chi connectivity index (χ0v) is 17.3. The fraction of sp³-hybridized carbons (Fsp3) is 0.211. The van der Waals surface area contributed by atoms with Crippen LogP contribution in [0.25, 0.3) is 17.7 Å². The van der Waals surface area contributed by atoms with Crippen LogP contribution in [-0.4, -0.2) is 40.8 Å². The van der Waals surface area contributed by atoms with Crippen LogP contribution in [0, 0.1) is 0 Å². The highest BCUT2D eigenvalue weighted by Gasteiger charge is 2.37. The maximum Gasteiger partial charge on any atom is 0.416 e. The summed E-state index contributed by atoms with van der Waals surface area (Å²) >= 11 is 0. The lowest BCUT2D eigenvalue weighted by atomic mass is 10.0. The molecule has 0 aliphatic rings.